The third kappa shape index (κ3) is 3.66. The maximum Gasteiger partial charge on any atom is 0.276 e. The summed E-state index contributed by atoms with van der Waals surface area (Å²) in [6, 6.07) is 8.18. The van der Waals surface area contributed by atoms with Crippen molar-refractivity contribution in [1.82, 2.24) is 15.0 Å². The van der Waals surface area contributed by atoms with Gasteiger partial charge in [-0.05, 0) is 43.4 Å². The van der Waals surface area contributed by atoms with E-state index in [0.717, 1.165) is 37.0 Å². The van der Waals surface area contributed by atoms with E-state index in [1.54, 1.807) is 12.1 Å². The van der Waals surface area contributed by atoms with E-state index in [1.165, 1.54) is 12.1 Å². The summed E-state index contributed by atoms with van der Waals surface area (Å²) in [4.78, 5) is 29.0. The molecule has 3 aliphatic rings. The van der Waals surface area contributed by atoms with E-state index < -0.39 is 0 Å². The Labute approximate surface area is 168 Å². The molecule has 0 bridgehead atoms. The second-order valence-corrected chi connectivity index (χ2v) is 8.74. The van der Waals surface area contributed by atoms with Gasteiger partial charge in [-0.3, -0.25) is 9.59 Å². The molecule has 1 aliphatic carbocycles. The molecular weight excluding hydrogens is 373 g/mol. The Morgan fingerprint density at radius 1 is 1.24 bits per heavy atom. The van der Waals surface area contributed by atoms with Gasteiger partial charge in [-0.15, -0.1) is 0 Å². The molecule has 5 rings (SSSR count). The summed E-state index contributed by atoms with van der Waals surface area (Å²) in [6.07, 6.45) is 4.29. The number of piperidine rings is 1. The number of nitrogens with zero attached hydrogens (tertiary/aromatic N) is 3. The highest BCUT2D eigenvalue weighted by molar-refractivity contribution is 5.92. The lowest BCUT2D eigenvalue weighted by molar-refractivity contribution is -0.128. The number of benzene rings is 1. The molecule has 6 nitrogen and oxygen atoms in total. The molecule has 1 spiro atoms. The van der Waals surface area contributed by atoms with Crippen LogP contribution in [0.4, 0.5) is 4.39 Å². The van der Waals surface area contributed by atoms with Gasteiger partial charge in [0.15, 0.2) is 5.69 Å². The number of amides is 2. The number of rotatable bonds is 4. The summed E-state index contributed by atoms with van der Waals surface area (Å²) < 4.78 is 18.8. The van der Waals surface area contributed by atoms with Crippen LogP contribution >= 0.6 is 0 Å². The normalized spacial score (nSPS) is 21.2. The van der Waals surface area contributed by atoms with E-state index in [9.17, 15) is 14.0 Å². The van der Waals surface area contributed by atoms with E-state index in [1.807, 2.05) is 15.9 Å². The van der Waals surface area contributed by atoms with Crippen molar-refractivity contribution in [2.24, 2.45) is 5.41 Å². The topological polar surface area (TPSA) is 66.7 Å². The third-order valence-electron chi connectivity index (χ3n) is 6.51. The van der Waals surface area contributed by atoms with Gasteiger partial charge in [-0.25, -0.2) is 4.39 Å². The number of hydrogen-bond acceptors (Lipinski definition) is 4. The molecule has 0 atom stereocenters. The van der Waals surface area contributed by atoms with Crippen LogP contribution in [0.2, 0.25) is 0 Å². The lowest BCUT2D eigenvalue weighted by Gasteiger charge is -2.38. The first-order valence-corrected chi connectivity index (χ1v) is 10.3. The van der Waals surface area contributed by atoms with Gasteiger partial charge in [0.25, 0.3) is 5.91 Å². The molecule has 2 aromatic rings. The molecule has 3 fully saturated rings. The minimum atomic E-state index is -0.284. The van der Waals surface area contributed by atoms with Crippen LogP contribution in [0.5, 0.6) is 0 Å². The first-order chi connectivity index (χ1) is 14.0. The molecule has 2 aliphatic heterocycles. The van der Waals surface area contributed by atoms with Crippen LogP contribution in [0.25, 0.3) is 0 Å². The molecule has 2 amide bonds. The summed E-state index contributed by atoms with van der Waals surface area (Å²) in [5, 5.41) is 3.96. The summed E-state index contributed by atoms with van der Waals surface area (Å²) in [6.45, 7) is 2.33. The highest BCUT2D eigenvalue weighted by Gasteiger charge is 2.45. The predicted octanol–water partition coefficient (Wildman–Crippen LogP) is 3.35. The molecule has 1 aromatic carbocycles. The average Bonchev–Trinajstić information content (AvgIpc) is 3.36. The minimum Gasteiger partial charge on any atom is -0.360 e. The lowest BCUT2D eigenvalue weighted by atomic mass is 9.77. The Bertz CT molecular complexity index is 944. The van der Waals surface area contributed by atoms with Crippen molar-refractivity contribution in [2.45, 2.75) is 44.6 Å². The highest BCUT2D eigenvalue weighted by Crippen LogP contribution is 2.42. The average molecular weight is 397 g/mol. The minimum absolute atomic E-state index is 0.0866. The predicted molar refractivity (Wildman–Crippen MR) is 102 cm³/mol. The fraction of sp³-hybridized carbons (Fsp3) is 0.500. The van der Waals surface area contributed by atoms with Gasteiger partial charge in [0.05, 0.1) is 0 Å². The monoisotopic (exact) mass is 397 g/mol. The van der Waals surface area contributed by atoms with E-state index in [2.05, 4.69) is 5.16 Å². The van der Waals surface area contributed by atoms with Crippen molar-refractivity contribution >= 4 is 11.8 Å². The second-order valence-electron chi connectivity index (χ2n) is 8.74. The zero-order chi connectivity index (χ0) is 20.0. The molecule has 1 saturated carbocycles. The van der Waals surface area contributed by atoms with Gasteiger partial charge in [-0.1, -0.05) is 17.3 Å². The molecule has 1 aromatic heterocycles. The Balaban J connectivity index is 1.20. The smallest absolute Gasteiger partial charge is 0.276 e. The maximum atomic E-state index is 13.4. The van der Waals surface area contributed by atoms with Gasteiger partial charge >= 0.3 is 0 Å². The van der Waals surface area contributed by atoms with Gasteiger partial charge in [-0.2, -0.15) is 0 Å². The van der Waals surface area contributed by atoms with Crippen LogP contribution in [0.15, 0.2) is 34.9 Å². The van der Waals surface area contributed by atoms with Crippen LogP contribution in [-0.2, 0) is 11.3 Å². The Morgan fingerprint density at radius 3 is 2.76 bits per heavy atom. The number of carbonyl (C=O) groups is 2. The first-order valence-electron chi connectivity index (χ1n) is 10.3. The molecular formula is C22H24FN3O3. The lowest BCUT2D eigenvalue weighted by Crippen LogP contribution is -2.44. The highest BCUT2D eigenvalue weighted by atomic mass is 19.1. The van der Waals surface area contributed by atoms with Crippen molar-refractivity contribution in [3.63, 3.8) is 0 Å². The van der Waals surface area contributed by atoms with Crippen LogP contribution in [0, 0.1) is 11.2 Å². The molecule has 0 N–H and O–H groups in total. The quantitative estimate of drug-likeness (QED) is 0.794. The molecule has 0 radical (unpaired) electrons. The maximum absolute atomic E-state index is 13.4. The van der Waals surface area contributed by atoms with Gasteiger partial charge in [0.2, 0.25) is 5.91 Å². The third-order valence-corrected chi connectivity index (χ3v) is 6.51. The van der Waals surface area contributed by atoms with E-state index in [4.69, 9.17) is 4.52 Å². The number of hydrogen-bond donors (Lipinski definition) is 0. The van der Waals surface area contributed by atoms with Gasteiger partial charge in [0, 0.05) is 50.0 Å². The zero-order valence-electron chi connectivity index (χ0n) is 16.3. The van der Waals surface area contributed by atoms with Crippen LogP contribution < -0.4 is 0 Å². The molecule has 29 heavy (non-hydrogen) atoms. The Morgan fingerprint density at radius 2 is 2.03 bits per heavy atom. The summed E-state index contributed by atoms with van der Waals surface area (Å²) in [7, 11) is 0. The SMILES string of the molecule is O=C1CC2(CCN(C(=O)c3cc(C4CC4)on3)CC2)CN1Cc1cccc(F)c1. The van der Waals surface area contributed by atoms with E-state index in [0.29, 0.717) is 44.2 Å². The van der Waals surface area contributed by atoms with Gasteiger partial charge in [0.1, 0.15) is 11.6 Å². The second kappa shape index (κ2) is 6.97. The van der Waals surface area contributed by atoms with Crippen molar-refractivity contribution in [3.8, 4) is 0 Å². The summed E-state index contributed by atoms with van der Waals surface area (Å²) in [5.74, 6) is 0.989. The molecule has 152 valence electrons. The largest absolute Gasteiger partial charge is 0.360 e. The van der Waals surface area contributed by atoms with Crippen LogP contribution in [-0.4, -0.2) is 46.4 Å². The van der Waals surface area contributed by atoms with Crippen molar-refractivity contribution in [2.75, 3.05) is 19.6 Å². The molecule has 2 saturated heterocycles. The Hall–Kier alpha value is -2.70. The van der Waals surface area contributed by atoms with Crippen molar-refractivity contribution < 1.29 is 18.5 Å². The molecule has 0 unspecified atom stereocenters. The van der Waals surface area contributed by atoms with Crippen LogP contribution in [0.1, 0.15) is 59.8 Å². The fourth-order valence-corrected chi connectivity index (χ4v) is 4.61. The first kappa shape index (κ1) is 18.3. The Kier molecular flexibility index (Phi) is 4.41. The van der Waals surface area contributed by atoms with E-state index >= 15 is 0 Å². The molecule has 7 heteroatoms. The number of carbonyl (C=O) groups excluding carboxylic acids is 2. The summed E-state index contributed by atoms with van der Waals surface area (Å²) >= 11 is 0. The number of aromatic nitrogens is 1. The zero-order valence-corrected chi connectivity index (χ0v) is 16.3. The van der Waals surface area contributed by atoms with E-state index in [-0.39, 0.29) is 23.0 Å². The summed E-state index contributed by atoms with van der Waals surface area (Å²) in [5.41, 5.74) is 1.10. The van der Waals surface area contributed by atoms with Crippen LogP contribution in [0.3, 0.4) is 0 Å². The fourth-order valence-electron chi connectivity index (χ4n) is 4.61. The van der Waals surface area contributed by atoms with Crippen molar-refractivity contribution in [1.29, 1.82) is 0 Å². The van der Waals surface area contributed by atoms with Crippen molar-refractivity contribution in [3.05, 3.63) is 53.2 Å². The van der Waals surface area contributed by atoms with Gasteiger partial charge < -0.3 is 14.3 Å². The number of likely N-dealkylation sites (tertiary alicyclic amines) is 2. The molecule has 3 heterocycles. The number of halogens is 1. The standard InChI is InChI=1S/C22H24FN3O3/c23-17-3-1-2-15(10-17)13-26-14-22(12-20(26)27)6-8-25(9-7-22)21(28)18-11-19(29-24-18)16-4-5-16/h1-3,10-11,16H,4-9,12-14H2.